The number of nitrogens with zero attached hydrogens (tertiary/aromatic N) is 3. The third-order valence-electron chi connectivity index (χ3n) is 3.15. The summed E-state index contributed by atoms with van der Waals surface area (Å²) in [5.41, 5.74) is 5.50. The molecule has 0 aromatic carbocycles. The Kier molecular flexibility index (Phi) is 2.73. The molecule has 0 spiro atoms. The molecule has 3 rings (SSSR count). The fraction of sp³-hybridized carbons (Fsp3) is 0.500. The first-order valence-electron chi connectivity index (χ1n) is 5.77. The van der Waals surface area contributed by atoms with Gasteiger partial charge < -0.3 is 20.7 Å². The molecule has 2 aromatic heterocycles. The van der Waals surface area contributed by atoms with Crippen molar-refractivity contribution in [2.75, 3.05) is 12.3 Å². The molecule has 3 atom stereocenters. The van der Waals surface area contributed by atoms with Crippen LogP contribution in [0.5, 0.6) is 0 Å². The van der Waals surface area contributed by atoms with E-state index in [1.165, 1.54) is 10.9 Å². The van der Waals surface area contributed by atoms with E-state index in [1.807, 2.05) is 0 Å². The fourth-order valence-corrected chi connectivity index (χ4v) is 2.20. The molecule has 2 unspecified atom stereocenters. The Morgan fingerprint density at radius 2 is 2.42 bits per heavy atom. The van der Waals surface area contributed by atoms with Crippen LogP contribution in [-0.2, 0) is 4.74 Å². The maximum Gasteiger partial charge on any atom is 0.280 e. The van der Waals surface area contributed by atoms with Gasteiger partial charge in [0.05, 0.1) is 19.0 Å². The molecule has 1 aliphatic rings. The van der Waals surface area contributed by atoms with E-state index in [0.29, 0.717) is 0 Å². The van der Waals surface area contributed by atoms with Crippen LogP contribution in [-0.4, -0.2) is 48.5 Å². The quantitative estimate of drug-likeness (QED) is 0.510. The van der Waals surface area contributed by atoms with Crippen LogP contribution in [0.25, 0.3) is 11.2 Å². The molecule has 9 nitrogen and oxygen atoms in total. The number of nitrogen functional groups attached to an aromatic ring is 1. The second-order valence-electron chi connectivity index (χ2n) is 4.39. The number of anilines is 1. The highest BCUT2D eigenvalue weighted by Crippen LogP contribution is 2.30. The summed E-state index contributed by atoms with van der Waals surface area (Å²) in [5, 5.41) is 18.8. The number of hydrogen-bond acceptors (Lipinski definition) is 7. The summed E-state index contributed by atoms with van der Waals surface area (Å²) in [7, 11) is 0. The number of aliphatic hydroxyl groups is 2. The summed E-state index contributed by atoms with van der Waals surface area (Å²) in [5.74, 6) is -0.0171. The Labute approximate surface area is 106 Å². The third-order valence-corrected chi connectivity index (χ3v) is 3.15. The zero-order valence-electron chi connectivity index (χ0n) is 9.85. The molecule has 1 fully saturated rings. The van der Waals surface area contributed by atoms with E-state index in [2.05, 4.69) is 15.0 Å². The molecule has 2 aromatic rings. The molecule has 3 heterocycles. The average molecular weight is 267 g/mol. The molecule has 0 aliphatic carbocycles. The number of ether oxygens (including phenoxy) is 1. The molecule has 102 valence electrons. The standard InChI is InChI=1S/C10H13N5O4/c11-10-13-8-7(9(18)14-10)12-3-15(8)6-1-4(17)5(2-16)19-6/h3-6,16-17H,1-2H2,(H3,11,13,14,18)/t4-,5?,6?/m0/s1. The Hall–Kier alpha value is -1.97. The lowest BCUT2D eigenvalue weighted by Crippen LogP contribution is -2.24. The second-order valence-corrected chi connectivity index (χ2v) is 4.39. The van der Waals surface area contributed by atoms with Gasteiger partial charge in [0.25, 0.3) is 5.56 Å². The number of rotatable bonds is 2. The monoisotopic (exact) mass is 267 g/mol. The molecule has 19 heavy (non-hydrogen) atoms. The molecule has 0 bridgehead atoms. The molecule has 0 amide bonds. The lowest BCUT2D eigenvalue weighted by molar-refractivity contribution is -0.0432. The first-order chi connectivity index (χ1) is 9.10. The zero-order chi connectivity index (χ0) is 13.6. The highest BCUT2D eigenvalue weighted by atomic mass is 16.5. The van der Waals surface area contributed by atoms with Crippen LogP contribution in [0.1, 0.15) is 12.6 Å². The first kappa shape index (κ1) is 12.1. The van der Waals surface area contributed by atoms with Crippen LogP contribution >= 0.6 is 0 Å². The number of aromatic amines is 1. The molecule has 0 saturated carbocycles. The highest BCUT2D eigenvalue weighted by molar-refractivity contribution is 5.70. The summed E-state index contributed by atoms with van der Waals surface area (Å²) in [6.07, 6.45) is -0.270. The smallest absolute Gasteiger partial charge is 0.280 e. The Balaban J connectivity index is 2.05. The molecule has 1 aliphatic heterocycles. The van der Waals surface area contributed by atoms with E-state index in [0.717, 1.165) is 0 Å². The SMILES string of the molecule is Nc1nc2c(ncn2C2C[C@H](O)C(CO)O2)c(=O)[nH]1. The van der Waals surface area contributed by atoms with Gasteiger partial charge in [-0.1, -0.05) is 0 Å². The number of aliphatic hydroxyl groups excluding tert-OH is 2. The molecule has 0 radical (unpaired) electrons. The van der Waals surface area contributed by atoms with E-state index in [-0.39, 0.29) is 30.1 Å². The van der Waals surface area contributed by atoms with Gasteiger partial charge in [0.2, 0.25) is 5.95 Å². The van der Waals surface area contributed by atoms with Crippen molar-refractivity contribution in [3.05, 3.63) is 16.7 Å². The van der Waals surface area contributed by atoms with E-state index in [1.54, 1.807) is 0 Å². The van der Waals surface area contributed by atoms with Gasteiger partial charge in [-0.3, -0.25) is 14.3 Å². The second kappa shape index (κ2) is 4.30. The van der Waals surface area contributed by atoms with Crippen LogP contribution in [0.4, 0.5) is 5.95 Å². The Morgan fingerprint density at radius 1 is 1.63 bits per heavy atom. The minimum absolute atomic E-state index is 0.0171. The maximum absolute atomic E-state index is 11.6. The van der Waals surface area contributed by atoms with Gasteiger partial charge in [-0.25, -0.2) is 4.98 Å². The normalized spacial score (nSPS) is 27.2. The van der Waals surface area contributed by atoms with Crippen molar-refractivity contribution in [2.24, 2.45) is 0 Å². The van der Waals surface area contributed by atoms with Crippen molar-refractivity contribution < 1.29 is 14.9 Å². The summed E-state index contributed by atoms with van der Waals surface area (Å²) >= 11 is 0. The van der Waals surface area contributed by atoms with Crippen LogP contribution in [0.3, 0.4) is 0 Å². The number of nitrogens with one attached hydrogen (secondary N) is 1. The minimum Gasteiger partial charge on any atom is -0.394 e. The van der Waals surface area contributed by atoms with Crippen molar-refractivity contribution in [2.45, 2.75) is 24.9 Å². The highest BCUT2D eigenvalue weighted by Gasteiger charge is 2.35. The van der Waals surface area contributed by atoms with Gasteiger partial charge in [-0.05, 0) is 0 Å². The average Bonchev–Trinajstić information content (AvgIpc) is 2.92. The van der Waals surface area contributed by atoms with Gasteiger partial charge in [0.1, 0.15) is 12.3 Å². The predicted octanol–water partition coefficient (Wildman–Crippen LogP) is -1.66. The summed E-state index contributed by atoms with van der Waals surface area (Å²) in [6.45, 7) is -0.277. The van der Waals surface area contributed by atoms with Crippen LogP contribution in [0.2, 0.25) is 0 Å². The molecular formula is C10H13N5O4. The predicted molar refractivity (Wildman–Crippen MR) is 64.2 cm³/mol. The number of aromatic nitrogens is 4. The largest absolute Gasteiger partial charge is 0.394 e. The molecule has 1 saturated heterocycles. The molecule has 5 N–H and O–H groups in total. The van der Waals surface area contributed by atoms with Crippen LogP contribution in [0.15, 0.2) is 11.1 Å². The summed E-state index contributed by atoms with van der Waals surface area (Å²) < 4.78 is 7.01. The van der Waals surface area contributed by atoms with Crippen molar-refractivity contribution >= 4 is 17.1 Å². The number of hydrogen-bond donors (Lipinski definition) is 4. The van der Waals surface area contributed by atoms with Gasteiger partial charge in [0.15, 0.2) is 11.2 Å². The van der Waals surface area contributed by atoms with Crippen molar-refractivity contribution in [1.82, 2.24) is 19.5 Å². The van der Waals surface area contributed by atoms with Crippen LogP contribution in [0, 0.1) is 0 Å². The Bertz CT molecular complexity index is 665. The van der Waals surface area contributed by atoms with E-state index < -0.39 is 24.0 Å². The molecular weight excluding hydrogens is 254 g/mol. The number of imidazole rings is 1. The topological polar surface area (TPSA) is 139 Å². The van der Waals surface area contributed by atoms with Crippen LogP contribution < -0.4 is 11.3 Å². The fourth-order valence-electron chi connectivity index (χ4n) is 2.20. The minimum atomic E-state index is -0.771. The first-order valence-corrected chi connectivity index (χ1v) is 5.77. The van der Waals surface area contributed by atoms with Crippen molar-refractivity contribution in [1.29, 1.82) is 0 Å². The van der Waals surface area contributed by atoms with Gasteiger partial charge in [0, 0.05) is 6.42 Å². The summed E-state index contributed by atoms with van der Waals surface area (Å²) in [4.78, 5) is 22.0. The zero-order valence-corrected chi connectivity index (χ0v) is 9.85. The number of H-pyrrole nitrogens is 1. The van der Waals surface area contributed by atoms with E-state index in [4.69, 9.17) is 15.6 Å². The van der Waals surface area contributed by atoms with Gasteiger partial charge in [-0.15, -0.1) is 0 Å². The third kappa shape index (κ3) is 1.87. The van der Waals surface area contributed by atoms with E-state index >= 15 is 0 Å². The van der Waals surface area contributed by atoms with Gasteiger partial charge in [-0.2, -0.15) is 4.98 Å². The number of fused-ring (bicyclic) bond motifs is 1. The molecule has 9 heteroatoms. The lowest BCUT2D eigenvalue weighted by Gasteiger charge is -2.13. The van der Waals surface area contributed by atoms with Crippen molar-refractivity contribution in [3.8, 4) is 0 Å². The van der Waals surface area contributed by atoms with Crippen molar-refractivity contribution in [3.63, 3.8) is 0 Å². The summed E-state index contributed by atoms with van der Waals surface area (Å²) in [6, 6.07) is 0. The maximum atomic E-state index is 11.6. The lowest BCUT2D eigenvalue weighted by atomic mass is 10.2. The Morgan fingerprint density at radius 3 is 3.11 bits per heavy atom. The number of nitrogens with two attached hydrogens (primary N) is 1. The van der Waals surface area contributed by atoms with E-state index in [9.17, 15) is 9.90 Å². The van der Waals surface area contributed by atoms with Gasteiger partial charge >= 0.3 is 0 Å².